The normalized spacial score (nSPS) is 12.2. The van der Waals surface area contributed by atoms with Gasteiger partial charge in [-0.15, -0.1) is 0 Å². The molecule has 1 atom stereocenters. The molecule has 0 saturated heterocycles. The van der Waals surface area contributed by atoms with Gasteiger partial charge in [-0.05, 0) is 23.6 Å². The van der Waals surface area contributed by atoms with Crippen LogP contribution in [0.2, 0.25) is 0 Å². The summed E-state index contributed by atoms with van der Waals surface area (Å²) in [5.74, 6) is 0. The Hall–Kier alpha value is -0.860. The van der Waals surface area contributed by atoms with Gasteiger partial charge in [-0.25, -0.2) is 0 Å². The van der Waals surface area contributed by atoms with E-state index in [1.807, 2.05) is 30.3 Å². The molecule has 0 aliphatic heterocycles. The summed E-state index contributed by atoms with van der Waals surface area (Å²) < 4.78 is 5.91. The van der Waals surface area contributed by atoms with Crippen molar-refractivity contribution in [2.75, 3.05) is 0 Å². The second-order valence-electron chi connectivity index (χ2n) is 6.59. The van der Waals surface area contributed by atoms with E-state index in [4.69, 9.17) is 16.3 Å². The summed E-state index contributed by atoms with van der Waals surface area (Å²) in [6.45, 7) is 2.80. The fourth-order valence-corrected chi connectivity index (χ4v) is 3.07. The summed E-state index contributed by atoms with van der Waals surface area (Å²) in [5, 5.41) is -0.302. The molecule has 3 heteroatoms. The monoisotopic (exact) mass is 352 g/mol. The molecule has 24 heavy (non-hydrogen) atoms. The highest BCUT2D eigenvalue weighted by Crippen LogP contribution is 2.16. The molecular formula is C21H33ClO2. The highest BCUT2D eigenvalue weighted by molar-refractivity contribution is 6.63. The van der Waals surface area contributed by atoms with E-state index in [1.54, 1.807) is 0 Å². The van der Waals surface area contributed by atoms with Crippen LogP contribution in [0.5, 0.6) is 0 Å². The van der Waals surface area contributed by atoms with E-state index in [-0.39, 0.29) is 11.3 Å². The average molecular weight is 353 g/mol. The average Bonchev–Trinajstić information content (AvgIpc) is 2.58. The van der Waals surface area contributed by atoms with Crippen LogP contribution in [0.1, 0.15) is 83.1 Å². The van der Waals surface area contributed by atoms with Crippen molar-refractivity contribution in [1.82, 2.24) is 0 Å². The van der Waals surface area contributed by atoms with Crippen LogP contribution in [0.15, 0.2) is 30.3 Å². The SMILES string of the molecule is CCCCCCCCCCCC(CC(=O)Cl)OCc1ccccc1. The van der Waals surface area contributed by atoms with Crippen LogP contribution in [0.25, 0.3) is 0 Å². The van der Waals surface area contributed by atoms with Crippen LogP contribution in [0, 0.1) is 0 Å². The molecule has 0 fully saturated rings. The number of ether oxygens (including phenoxy) is 1. The number of hydrogen-bond donors (Lipinski definition) is 0. The molecule has 1 aromatic carbocycles. The fraction of sp³-hybridized carbons (Fsp3) is 0.667. The van der Waals surface area contributed by atoms with Gasteiger partial charge < -0.3 is 4.74 Å². The molecule has 0 heterocycles. The van der Waals surface area contributed by atoms with Crippen LogP contribution in [-0.2, 0) is 16.1 Å². The van der Waals surface area contributed by atoms with Gasteiger partial charge in [0.25, 0.3) is 0 Å². The lowest BCUT2D eigenvalue weighted by Gasteiger charge is -2.16. The summed E-state index contributed by atoms with van der Waals surface area (Å²) in [4.78, 5) is 11.2. The third-order valence-electron chi connectivity index (χ3n) is 4.35. The summed E-state index contributed by atoms with van der Waals surface area (Å²) in [6, 6.07) is 10.1. The minimum absolute atomic E-state index is 0.0558. The van der Waals surface area contributed by atoms with Crippen molar-refractivity contribution in [2.24, 2.45) is 0 Å². The Morgan fingerprint density at radius 3 is 2.12 bits per heavy atom. The number of halogens is 1. The lowest BCUT2D eigenvalue weighted by molar-refractivity contribution is -0.114. The van der Waals surface area contributed by atoms with Crippen molar-refractivity contribution in [3.05, 3.63) is 35.9 Å². The molecule has 1 aromatic rings. The Morgan fingerprint density at radius 2 is 1.54 bits per heavy atom. The predicted octanol–water partition coefficient (Wildman–Crippen LogP) is 6.65. The third-order valence-corrected chi connectivity index (χ3v) is 4.50. The van der Waals surface area contributed by atoms with Crippen molar-refractivity contribution in [1.29, 1.82) is 0 Å². The van der Waals surface area contributed by atoms with Gasteiger partial charge in [0.2, 0.25) is 5.24 Å². The number of hydrogen-bond acceptors (Lipinski definition) is 2. The Kier molecular flexibility index (Phi) is 12.8. The van der Waals surface area contributed by atoms with Crippen LogP contribution in [0.3, 0.4) is 0 Å². The van der Waals surface area contributed by atoms with Crippen molar-refractivity contribution >= 4 is 16.8 Å². The van der Waals surface area contributed by atoms with E-state index in [2.05, 4.69) is 6.92 Å². The molecule has 0 aliphatic rings. The van der Waals surface area contributed by atoms with E-state index in [9.17, 15) is 4.79 Å². The van der Waals surface area contributed by atoms with Gasteiger partial charge in [0.05, 0.1) is 12.7 Å². The maximum absolute atomic E-state index is 11.2. The first kappa shape index (κ1) is 21.2. The second-order valence-corrected chi connectivity index (χ2v) is 7.02. The molecule has 0 aliphatic carbocycles. The van der Waals surface area contributed by atoms with E-state index in [1.165, 1.54) is 51.4 Å². The lowest BCUT2D eigenvalue weighted by Crippen LogP contribution is -2.15. The summed E-state index contributed by atoms with van der Waals surface area (Å²) >= 11 is 5.56. The Balaban J connectivity index is 2.13. The number of unbranched alkanes of at least 4 members (excludes halogenated alkanes) is 8. The van der Waals surface area contributed by atoms with E-state index >= 15 is 0 Å². The van der Waals surface area contributed by atoms with Gasteiger partial charge in [-0.2, -0.15) is 0 Å². The molecule has 0 amide bonds. The minimum Gasteiger partial charge on any atom is -0.373 e. The van der Waals surface area contributed by atoms with Gasteiger partial charge in [0, 0.05) is 6.42 Å². The van der Waals surface area contributed by atoms with Gasteiger partial charge in [0.15, 0.2) is 0 Å². The smallest absolute Gasteiger partial charge is 0.224 e. The first-order valence-electron chi connectivity index (χ1n) is 9.56. The molecule has 136 valence electrons. The lowest BCUT2D eigenvalue weighted by atomic mass is 10.0. The Morgan fingerprint density at radius 1 is 0.958 bits per heavy atom. The van der Waals surface area contributed by atoms with Crippen LogP contribution in [-0.4, -0.2) is 11.3 Å². The zero-order valence-corrected chi connectivity index (χ0v) is 15.9. The Labute approximate surface area is 152 Å². The van der Waals surface area contributed by atoms with E-state index in [0.717, 1.165) is 18.4 Å². The maximum Gasteiger partial charge on any atom is 0.224 e. The minimum atomic E-state index is -0.302. The van der Waals surface area contributed by atoms with Crippen LogP contribution < -0.4 is 0 Å². The standard InChI is InChI=1S/C21H33ClO2/c1-2-3-4-5-6-7-8-9-13-16-20(17-21(22)23)24-18-19-14-11-10-12-15-19/h10-12,14-15,20H,2-9,13,16-18H2,1H3. The van der Waals surface area contributed by atoms with E-state index in [0.29, 0.717) is 13.0 Å². The number of benzene rings is 1. The summed E-state index contributed by atoms with van der Waals surface area (Å²) in [7, 11) is 0. The molecule has 1 unspecified atom stereocenters. The van der Waals surface area contributed by atoms with Gasteiger partial charge in [-0.3, -0.25) is 4.79 Å². The van der Waals surface area contributed by atoms with Gasteiger partial charge in [0.1, 0.15) is 0 Å². The fourth-order valence-electron chi connectivity index (χ4n) is 2.89. The Bertz CT molecular complexity index is 419. The van der Waals surface area contributed by atoms with Gasteiger partial charge >= 0.3 is 0 Å². The first-order chi connectivity index (χ1) is 11.7. The molecule has 0 spiro atoms. The molecule has 0 bridgehead atoms. The first-order valence-corrected chi connectivity index (χ1v) is 9.94. The molecule has 0 N–H and O–H groups in total. The van der Waals surface area contributed by atoms with Crippen molar-refractivity contribution < 1.29 is 9.53 Å². The zero-order chi connectivity index (χ0) is 17.5. The largest absolute Gasteiger partial charge is 0.373 e. The van der Waals surface area contributed by atoms with Crippen molar-refractivity contribution in [2.45, 2.75) is 90.3 Å². The molecule has 2 nitrogen and oxygen atoms in total. The highest BCUT2D eigenvalue weighted by atomic mass is 35.5. The van der Waals surface area contributed by atoms with Crippen LogP contribution in [0.4, 0.5) is 0 Å². The van der Waals surface area contributed by atoms with Crippen molar-refractivity contribution in [3.8, 4) is 0 Å². The van der Waals surface area contributed by atoms with Crippen molar-refractivity contribution in [3.63, 3.8) is 0 Å². The zero-order valence-electron chi connectivity index (χ0n) is 15.1. The van der Waals surface area contributed by atoms with Gasteiger partial charge in [-0.1, -0.05) is 95.0 Å². The van der Waals surface area contributed by atoms with Crippen LogP contribution >= 0.6 is 11.6 Å². The molecule has 0 aromatic heterocycles. The number of carbonyl (C=O) groups excluding carboxylic acids is 1. The molecule has 1 rings (SSSR count). The quantitative estimate of drug-likeness (QED) is 0.261. The maximum atomic E-state index is 11.2. The molecular weight excluding hydrogens is 320 g/mol. The topological polar surface area (TPSA) is 26.3 Å². The molecule has 0 radical (unpaired) electrons. The number of carbonyl (C=O) groups is 1. The second kappa shape index (κ2) is 14.5. The molecule has 0 saturated carbocycles. The number of rotatable bonds is 15. The predicted molar refractivity (Wildman–Crippen MR) is 102 cm³/mol. The third kappa shape index (κ3) is 11.6. The summed E-state index contributed by atoms with van der Waals surface area (Å²) in [6.07, 6.45) is 12.9. The highest BCUT2D eigenvalue weighted by Gasteiger charge is 2.13. The van der Waals surface area contributed by atoms with E-state index < -0.39 is 0 Å². The summed E-state index contributed by atoms with van der Waals surface area (Å²) in [5.41, 5.74) is 1.14.